The number of nitrogens with zero attached hydrogens (tertiary/aromatic N) is 4. The van der Waals surface area contributed by atoms with E-state index in [1.807, 2.05) is 11.4 Å². The fourth-order valence-corrected chi connectivity index (χ4v) is 7.84. The van der Waals surface area contributed by atoms with Crippen molar-refractivity contribution in [2.24, 2.45) is 0 Å². The van der Waals surface area contributed by atoms with Crippen molar-refractivity contribution in [2.45, 2.75) is 103 Å². The summed E-state index contributed by atoms with van der Waals surface area (Å²) >= 11 is 1.48. The van der Waals surface area contributed by atoms with E-state index in [0.717, 1.165) is 53.4 Å². The number of likely N-dealkylation sites (tertiary alicyclic amines) is 1. The second-order valence-corrected chi connectivity index (χ2v) is 14.6. The quantitative estimate of drug-likeness (QED) is 0.140. The smallest absolute Gasteiger partial charge is 0.382 e. The lowest BCUT2D eigenvalue weighted by Crippen LogP contribution is -2.40. The first kappa shape index (κ1) is 35.3. The third-order valence-electron chi connectivity index (χ3n) is 8.50. The van der Waals surface area contributed by atoms with E-state index in [1.165, 1.54) is 18.3 Å². The number of ether oxygens (including phenoxy) is 2. The number of thiazole rings is 1. The van der Waals surface area contributed by atoms with Crippen LogP contribution >= 0.6 is 11.3 Å². The number of carbonyl (C=O) groups is 1. The van der Waals surface area contributed by atoms with Crippen molar-refractivity contribution in [3.05, 3.63) is 62.9 Å². The Balaban J connectivity index is 1.13. The molecule has 2 aromatic heterocycles. The van der Waals surface area contributed by atoms with E-state index in [2.05, 4.69) is 12.0 Å². The third-order valence-corrected chi connectivity index (χ3v) is 10.7. The average Bonchev–Trinajstić information content (AvgIpc) is 3.60. The molecule has 5 rings (SSSR count). The molecular weight excluding hydrogens is 658 g/mol. The summed E-state index contributed by atoms with van der Waals surface area (Å²) in [4.78, 5) is 19.3. The number of unbranched alkanes of at least 4 members (excludes halogenated alkanes) is 5. The first-order valence-corrected chi connectivity index (χ1v) is 18.5. The van der Waals surface area contributed by atoms with Gasteiger partial charge in [-0.25, -0.2) is 4.98 Å². The molecule has 0 saturated carbocycles. The molecule has 2 aliphatic heterocycles. The molecule has 0 radical (unpaired) electrons. The van der Waals surface area contributed by atoms with Crippen LogP contribution in [0.2, 0.25) is 0 Å². The summed E-state index contributed by atoms with van der Waals surface area (Å²) in [6.45, 7) is 4.60. The lowest BCUT2D eigenvalue weighted by Gasteiger charge is -2.31. The Morgan fingerprint density at radius 3 is 2.53 bits per heavy atom. The number of fused-ring (bicyclic) bond motifs is 1. The molecule has 1 fully saturated rings. The Labute approximate surface area is 277 Å². The van der Waals surface area contributed by atoms with Crippen LogP contribution in [-0.4, -0.2) is 52.8 Å². The lowest BCUT2D eigenvalue weighted by atomic mass is 9.97. The van der Waals surface area contributed by atoms with Gasteiger partial charge >= 0.3 is 16.3 Å². The maximum absolute atomic E-state index is 13.0. The maximum atomic E-state index is 13.0. The van der Waals surface area contributed by atoms with Gasteiger partial charge in [-0.1, -0.05) is 51.2 Å². The zero-order chi connectivity index (χ0) is 33.6. The molecule has 1 amide bonds. The largest absolute Gasteiger partial charge is 0.435 e. The average molecular weight is 699 g/mol. The number of hydrogen-bond acceptors (Lipinski definition) is 9. The molecule has 1 unspecified atom stereocenters. The Kier molecular flexibility index (Phi) is 11.6. The van der Waals surface area contributed by atoms with E-state index < -0.39 is 28.3 Å². The van der Waals surface area contributed by atoms with Crippen LogP contribution in [0.4, 0.5) is 13.2 Å². The van der Waals surface area contributed by atoms with E-state index in [9.17, 15) is 26.4 Å². The van der Waals surface area contributed by atoms with Gasteiger partial charge in [0.15, 0.2) is 5.69 Å². The molecule has 1 aromatic carbocycles. The minimum Gasteiger partial charge on any atom is -0.382 e. The number of halogens is 3. The van der Waals surface area contributed by atoms with Crippen molar-refractivity contribution in [1.29, 1.82) is 0 Å². The molecule has 15 heteroatoms. The SMILES string of the molecule is CCCCCCCCS(=O)(=O)Oc1cccc2c1COC(c1csc(C3CCN(C(=O)Cn4nc(C(F)(F)F)cc4C)CC3)n1)OC2. The first-order valence-electron chi connectivity index (χ1n) is 16.0. The van der Waals surface area contributed by atoms with Crippen LogP contribution in [0, 0.1) is 6.92 Å². The standard InChI is InChI=1S/C32H41F3N4O6S2/c1-3-4-5-6-7-8-16-47(41,42)45-27-11-9-10-24-19-43-31(44-20-25(24)27)26-21-46-30(36-26)23-12-14-38(15-13-23)29(40)18-39-22(2)17-28(37-39)32(33,34)35/h9-11,17,21,23,31H,3-8,12-16,18-20H2,1-2H3. The summed E-state index contributed by atoms with van der Waals surface area (Å²) in [5.41, 5.74) is 1.30. The molecular formula is C32H41F3N4O6S2. The van der Waals surface area contributed by atoms with Gasteiger partial charge in [0.2, 0.25) is 12.2 Å². The molecule has 2 aliphatic rings. The van der Waals surface area contributed by atoms with Crippen LogP contribution in [0.25, 0.3) is 0 Å². The Bertz CT molecular complexity index is 1620. The highest BCUT2D eigenvalue weighted by Gasteiger charge is 2.35. The van der Waals surface area contributed by atoms with Gasteiger partial charge in [0.1, 0.15) is 18.0 Å². The first-order chi connectivity index (χ1) is 22.4. The minimum atomic E-state index is -4.56. The highest BCUT2D eigenvalue weighted by Crippen LogP contribution is 2.36. The van der Waals surface area contributed by atoms with Gasteiger partial charge in [0.05, 0.1) is 24.0 Å². The van der Waals surface area contributed by atoms with Crippen molar-refractivity contribution in [3.8, 4) is 5.75 Å². The predicted molar refractivity (Wildman–Crippen MR) is 169 cm³/mol. The molecule has 258 valence electrons. The van der Waals surface area contributed by atoms with Crippen molar-refractivity contribution >= 4 is 27.4 Å². The van der Waals surface area contributed by atoms with Gasteiger partial charge in [0.25, 0.3) is 0 Å². The number of hydrogen-bond donors (Lipinski definition) is 0. The zero-order valence-electron chi connectivity index (χ0n) is 26.6. The zero-order valence-corrected chi connectivity index (χ0v) is 28.3. The second kappa shape index (κ2) is 15.5. The number of aromatic nitrogens is 3. The number of benzene rings is 1. The molecule has 3 aromatic rings. The van der Waals surface area contributed by atoms with Gasteiger partial charge in [-0.15, -0.1) is 11.3 Å². The number of rotatable bonds is 13. The Hall–Kier alpha value is -3.01. The molecule has 0 N–H and O–H groups in total. The van der Waals surface area contributed by atoms with Gasteiger partial charge in [-0.05, 0) is 43.9 Å². The second-order valence-electron chi connectivity index (χ2n) is 12.1. The Morgan fingerprint density at radius 1 is 1.09 bits per heavy atom. The van der Waals surface area contributed by atoms with Crippen LogP contribution in [0.15, 0.2) is 29.6 Å². The fraction of sp³-hybridized carbons (Fsp3) is 0.594. The van der Waals surface area contributed by atoms with E-state index >= 15 is 0 Å². The number of carbonyl (C=O) groups excluding carboxylic acids is 1. The highest BCUT2D eigenvalue weighted by molar-refractivity contribution is 7.87. The van der Waals surface area contributed by atoms with E-state index in [1.54, 1.807) is 17.0 Å². The summed E-state index contributed by atoms with van der Waals surface area (Å²) in [6.07, 6.45) is 1.83. The van der Waals surface area contributed by atoms with E-state index in [0.29, 0.717) is 43.6 Å². The van der Waals surface area contributed by atoms with Crippen LogP contribution in [0.5, 0.6) is 5.75 Å². The van der Waals surface area contributed by atoms with Gasteiger partial charge in [0, 0.05) is 35.6 Å². The summed E-state index contributed by atoms with van der Waals surface area (Å²) in [6, 6.07) is 6.18. The van der Waals surface area contributed by atoms with Gasteiger partial charge in [-0.2, -0.15) is 26.7 Å². The molecule has 10 nitrogen and oxygen atoms in total. The van der Waals surface area contributed by atoms with Crippen molar-refractivity contribution in [2.75, 3.05) is 18.8 Å². The maximum Gasteiger partial charge on any atom is 0.435 e. The molecule has 0 bridgehead atoms. The summed E-state index contributed by atoms with van der Waals surface area (Å²) < 4.78 is 83.2. The summed E-state index contributed by atoms with van der Waals surface area (Å²) in [7, 11) is -3.76. The van der Waals surface area contributed by atoms with Crippen molar-refractivity contribution in [3.63, 3.8) is 0 Å². The van der Waals surface area contributed by atoms with Gasteiger partial charge < -0.3 is 18.6 Å². The van der Waals surface area contributed by atoms with Crippen LogP contribution in [0.3, 0.4) is 0 Å². The number of alkyl halides is 3. The highest BCUT2D eigenvalue weighted by atomic mass is 32.2. The molecule has 4 heterocycles. The monoisotopic (exact) mass is 698 g/mol. The van der Waals surface area contributed by atoms with Gasteiger partial charge in [-0.3, -0.25) is 9.48 Å². The molecule has 47 heavy (non-hydrogen) atoms. The predicted octanol–water partition coefficient (Wildman–Crippen LogP) is 6.89. The molecule has 1 saturated heterocycles. The van der Waals surface area contributed by atoms with Crippen LogP contribution in [0.1, 0.15) is 104 Å². The van der Waals surface area contributed by atoms with E-state index in [-0.39, 0.29) is 48.8 Å². The molecule has 1 atom stereocenters. The summed E-state index contributed by atoms with van der Waals surface area (Å²) in [5.74, 6) is 0.0496. The number of piperidine rings is 1. The number of aryl methyl sites for hydroxylation is 1. The fourth-order valence-electron chi connectivity index (χ4n) is 5.78. The Morgan fingerprint density at radius 2 is 1.81 bits per heavy atom. The minimum absolute atomic E-state index is 0.0374. The van der Waals surface area contributed by atoms with E-state index in [4.69, 9.17) is 18.6 Å². The third kappa shape index (κ3) is 9.33. The van der Waals surface area contributed by atoms with Crippen LogP contribution < -0.4 is 4.18 Å². The van der Waals surface area contributed by atoms with Crippen molar-refractivity contribution < 1.29 is 40.0 Å². The topological polar surface area (TPSA) is 113 Å². The molecule has 0 spiro atoms. The number of amides is 1. The lowest BCUT2D eigenvalue weighted by molar-refractivity contribution is -0.155. The van der Waals surface area contributed by atoms with Crippen molar-refractivity contribution in [1.82, 2.24) is 19.7 Å². The molecule has 0 aliphatic carbocycles. The normalized spacial score (nSPS) is 17.8. The van der Waals surface area contributed by atoms with Crippen LogP contribution in [-0.2, 0) is 50.3 Å². The summed E-state index contributed by atoms with van der Waals surface area (Å²) in [5, 5.41) is 6.34.